The molecule has 1 heterocycles. The average Bonchev–Trinajstić information content (AvgIpc) is 3.43. The molecule has 0 saturated heterocycles. The van der Waals surface area contributed by atoms with Gasteiger partial charge in [-0.25, -0.2) is 15.0 Å². The minimum atomic E-state index is -0.0549. The third kappa shape index (κ3) is 4.62. The number of hydrogen-bond donors (Lipinski definition) is 0. The van der Waals surface area contributed by atoms with Crippen molar-refractivity contribution in [3.63, 3.8) is 0 Å². The van der Waals surface area contributed by atoms with Gasteiger partial charge < -0.3 is 0 Å². The summed E-state index contributed by atoms with van der Waals surface area (Å²) in [4.78, 5) is 15.5. The smallest absolute Gasteiger partial charge is 0.164 e. The normalized spacial score (nSPS) is 13.1. The van der Waals surface area contributed by atoms with Crippen molar-refractivity contribution in [2.24, 2.45) is 0 Å². The summed E-state index contributed by atoms with van der Waals surface area (Å²) >= 11 is 0. The average molecular weight is 652 g/mol. The van der Waals surface area contributed by atoms with Crippen LogP contribution < -0.4 is 0 Å². The van der Waals surface area contributed by atoms with Gasteiger partial charge in [0.25, 0.3) is 0 Å². The minimum absolute atomic E-state index is 0.0549. The molecule has 0 amide bonds. The summed E-state index contributed by atoms with van der Waals surface area (Å²) in [5.41, 5.74) is 10.5. The molecule has 8 aromatic carbocycles. The molecule has 1 aromatic heterocycles. The summed E-state index contributed by atoms with van der Waals surface area (Å²) in [5, 5.41) is 7.17. The number of fused-ring (bicyclic) bond motifs is 9. The van der Waals surface area contributed by atoms with Crippen molar-refractivity contribution in [1.82, 2.24) is 15.0 Å². The number of hydrogen-bond acceptors (Lipinski definition) is 3. The van der Waals surface area contributed by atoms with Crippen LogP contribution in [0.1, 0.15) is 25.0 Å². The fraction of sp³-hybridized carbons (Fsp3) is 0.0625. The van der Waals surface area contributed by atoms with Crippen LogP contribution in [0, 0.1) is 0 Å². The van der Waals surface area contributed by atoms with E-state index in [4.69, 9.17) is 15.0 Å². The zero-order chi connectivity index (χ0) is 34.1. The standard InChI is InChI=1S/C48H33N3/c1-48(2)42-24-14-13-22-37(42)39-27-32(25-26-43(39)48)33-28-40-36-21-10-9-19-34(36)35-20-11-12-23-38(35)44(40)41(29-33)47-50-45(30-15-5-3-6-16-30)49-46(51-47)31-17-7-4-8-18-31/h3-29H,1-2H3. The molecule has 10 rings (SSSR count). The highest BCUT2D eigenvalue weighted by molar-refractivity contribution is 6.28. The molecule has 1 aliphatic carbocycles. The largest absolute Gasteiger partial charge is 0.208 e. The predicted octanol–water partition coefficient (Wildman–Crippen LogP) is 12.3. The molecule has 0 saturated carbocycles. The van der Waals surface area contributed by atoms with Crippen LogP contribution in [-0.4, -0.2) is 15.0 Å². The fourth-order valence-corrected chi connectivity index (χ4v) is 8.21. The number of rotatable bonds is 4. The second-order valence-corrected chi connectivity index (χ2v) is 14.0. The molecular weight excluding hydrogens is 619 g/mol. The van der Waals surface area contributed by atoms with Crippen LogP contribution in [0.2, 0.25) is 0 Å². The number of nitrogens with zero attached hydrogens (tertiary/aromatic N) is 3. The van der Waals surface area contributed by atoms with E-state index >= 15 is 0 Å². The molecule has 240 valence electrons. The van der Waals surface area contributed by atoms with Crippen LogP contribution in [0.15, 0.2) is 164 Å². The molecule has 9 aromatic rings. The third-order valence-corrected chi connectivity index (χ3v) is 10.7. The molecule has 3 nitrogen and oxygen atoms in total. The van der Waals surface area contributed by atoms with Crippen LogP contribution in [0.3, 0.4) is 0 Å². The van der Waals surface area contributed by atoms with E-state index in [1.807, 2.05) is 36.4 Å². The Labute approximate surface area is 297 Å². The van der Waals surface area contributed by atoms with E-state index in [-0.39, 0.29) is 5.41 Å². The lowest BCUT2D eigenvalue weighted by Crippen LogP contribution is -2.14. The quantitative estimate of drug-likeness (QED) is 0.178. The van der Waals surface area contributed by atoms with E-state index < -0.39 is 0 Å². The van der Waals surface area contributed by atoms with Crippen LogP contribution >= 0.6 is 0 Å². The van der Waals surface area contributed by atoms with Gasteiger partial charge in [0.05, 0.1) is 0 Å². The zero-order valence-electron chi connectivity index (χ0n) is 28.4. The lowest BCUT2D eigenvalue weighted by molar-refractivity contribution is 0.660. The molecule has 0 atom stereocenters. The van der Waals surface area contributed by atoms with Gasteiger partial charge in [-0.2, -0.15) is 0 Å². The zero-order valence-corrected chi connectivity index (χ0v) is 28.4. The Morgan fingerprint density at radius 1 is 0.333 bits per heavy atom. The Bertz CT molecular complexity index is 2760. The first-order valence-corrected chi connectivity index (χ1v) is 17.5. The van der Waals surface area contributed by atoms with Gasteiger partial charge in [-0.1, -0.05) is 159 Å². The van der Waals surface area contributed by atoms with E-state index in [2.05, 4.69) is 141 Å². The van der Waals surface area contributed by atoms with Crippen LogP contribution in [0.4, 0.5) is 0 Å². The van der Waals surface area contributed by atoms with Gasteiger partial charge in [-0.3, -0.25) is 0 Å². The molecule has 0 fully saturated rings. The highest BCUT2D eigenvalue weighted by Gasteiger charge is 2.35. The minimum Gasteiger partial charge on any atom is -0.208 e. The Balaban J connectivity index is 1.32. The Kier molecular flexibility index (Phi) is 6.53. The maximum absolute atomic E-state index is 5.26. The molecular formula is C48H33N3. The van der Waals surface area contributed by atoms with Crippen molar-refractivity contribution < 1.29 is 0 Å². The second kappa shape index (κ2) is 11.3. The molecule has 0 N–H and O–H groups in total. The maximum atomic E-state index is 5.26. The molecule has 0 unspecified atom stereocenters. The van der Waals surface area contributed by atoms with Crippen molar-refractivity contribution in [2.45, 2.75) is 19.3 Å². The summed E-state index contributed by atoms with van der Waals surface area (Å²) < 4.78 is 0. The summed E-state index contributed by atoms with van der Waals surface area (Å²) in [6.45, 7) is 4.66. The van der Waals surface area contributed by atoms with Gasteiger partial charge >= 0.3 is 0 Å². The van der Waals surface area contributed by atoms with Crippen molar-refractivity contribution >= 4 is 32.3 Å². The van der Waals surface area contributed by atoms with Crippen molar-refractivity contribution in [2.75, 3.05) is 0 Å². The Morgan fingerprint density at radius 2 is 0.824 bits per heavy atom. The fourth-order valence-electron chi connectivity index (χ4n) is 8.21. The second-order valence-electron chi connectivity index (χ2n) is 14.0. The van der Waals surface area contributed by atoms with E-state index in [1.54, 1.807) is 0 Å². The van der Waals surface area contributed by atoms with E-state index in [0.29, 0.717) is 17.5 Å². The number of aromatic nitrogens is 3. The monoisotopic (exact) mass is 651 g/mol. The highest BCUT2D eigenvalue weighted by Crippen LogP contribution is 2.50. The Hall–Kier alpha value is -6.45. The first-order chi connectivity index (χ1) is 25.0. The van der Waals surface area contributed by atoms with Crippen LogP contribution in [-0.2, 0) is 5.41 Å². The molecule has 1 aliphatic rings. The maximum Gasteiger partial charge on any atom is 0.164 e. The summed E-state index contributed by atoms with van der Waals surface area (Å²) in [7, 11) is 0. The van der Waals surface area contributed by atoms with Gasteiger partial charge in [0.1, 0.15) is 0 Å². The topological polar surface area (TPSA) is 38.7 Å². The van der Waals surface area contributed by atoms with Gasteiger partial charge in [0.15, 0.2) is 17.5 Å². The van der Waals surface area contributed by atoms with Crippen LogP contribution in [0.25, 0.3) is 88.7 Å². The predicted molar refractivity (Wildman–Crippen MR) is 212 cm³/mol. The van der Waals surface area contributed by atoms with Crippen molar-refractivity contribution in [3.8, 4) is 56.4 Å². The first-order valence-electron chi connectivity index (χ1n) is 17.5. The van der Waals surface area contributed by atoms with E-state index in [1.165, 1.54) is 54.7 Å². The Morgan fingerprint density at radius 3 is 1.49 bits per heavy atom. The molecule has 51 heavy (non-hydrogen) atoms. The molecule has 3 heteroatoms. The van der Waals surface area contributed by atoms with E-state index in [9.17, 15) is 0 Å². The van der Waals surface area contributed by atoms with Crippen molar-refractivity contribution in [3.05, 3.63) is 175 Å². The molecule has 0 aliphatic heterocycles. The number of benzene rings is 8. The van der Waals surface area contributed by atoms with Crippen molar-refractivity contribution in [1.29, 1.82) is 0 Å². The van der Waals surface area contributed by atoms with Gasteiger partial charge in [0.2, 0.25) is 0 Å². The lowest BCUT2D eigenvalue weighted by atomic mass is 9.82. The summed E-state index contributed by atoms with van der Waals surface area (Å²) in [5.74, 6) is 1.96. The molecule has 0 radical (unpaired) electrons. The first kappa shape index (κ1) is 29.5. The highest BCUT2D eigenvalue weighted by atomic mass is 15.0. The van der Waals surface area contributed by atoms with Gasteiger partial charge in [-0.05, 0) is 78.5 Å². The molecule has 0 bridgehead atoms. The molecule has 0 spiro atoms. The lowest BCUT2D eigenvalue weighted by Gasteiger charge is -2.21. The SMILES string of the molecule is CC1(C)c2ccccc2-c2cc(-c3cc(-c4nc(-c5ccccc5)nc(-c5ccccc5)n4)c4c5ccccc5c5ccccc5c4c3)ccc21. The van der Waals surface area contributed by atoms with Gasteiger partial charge in [-0.15, -0.1) is 0 Å². The van der Waals surface area contributed by atoms with E-state index in [0.717, 1.165) is 27.6 Å². The van der Waals surface area contributed by atoms with Crippen LogP contribution in [0.5, 0.6) is 0 Å². The van der Waals surface area contributed by atoms with Gasteiger partial charge in [0, 0.05) is 27.5 Å². The third-order valence-electron chi connectivity index (χ3n) is 10.7. The summed E-state index contributed by atoms with van der Waals surface area (Å²) in [6, 6.07) is 58.4. The summed E-state index contributed by atoms with van der Waals surface area (Å²) in [6.07, 6.45) is 0.